The van der Waals surface area contributed by atoms with E-state index in [1.165, 1.54) is 0 Å². The number of para-hydroxylation sites is 1. The quantitative estimate of drug-likeness (QED) is 0.392. The van der Waals surface area contributed by atoms with E-state index in [0.29, 0.717) is 6.61 Å². The van der Waals surface area contributed by atoms with E-state index < -0.39 is 0 Å². The van der Waals surface area contributed by atoms with Crippen molar-refractivity contribution in [2.75, 3.05) is 0 Å². The smallest absolute Gasteiger partial charge is 0.146 e. The highest BCUT2D eigenvalue weighted by Crippen LogP contribution is 2.25. The van der Waals surface area contributed by atoms with Crippen LogP contribution in [0.5, 0.6) is 5.75 Å². The molecule has 4 aromatic rings. The highest BCUT2D eigenvalue weighted by atomic mass is 35.5. The van der Waals surface area contributed by atoms with Crippen LogP contribution in [0.1, 0.15) is 16.8 Å². The van der Waals surface area contributed by atoms with E-state index in [2.05, 4.69) is 18.2 Å². The molecule has 0 aliphatic heterocycles. The minimum Gasteiger partial charge on any atom is -0.487 e. The standard InChI is InChI=1S/C24H18ClNO/c25-21-13-9-18(10-14-21)11-15-22-16-12-20-7-4-8-23(24(20)26-22)27-17-19-5-2-1-3-6-19/h1-16H,17H2/b15-11+. The van der Waals surface area contributed by atoms with Crippen molar-refractivity contribution in [1.29, 1.82) is 0 Å². The number of fused-ring (bicyclic) bond motifs is 1. The second-order valence-corrected chi connectivity index (χ2v) is 6.66. The SMILES string of the molecule is Clc1ccc(/C=C/c2ccc3cccc(OCc4ccccc4)c3n2)cc1. The van der Waals surface area contributed by atoms with Gasteiger partial charge in [0.1, 0.15) is 17.9 Å². The van der Waals surface area contributed by atoms with Crippen LogP contribution in [0, 0.1) is 0 Å². The molecule has 0 aliphatic carbocycles. The van der Waals surface area contributed by atoms with Crippen molar-refractivity contribution < 1.29 is 4.74 Å². The number of rotatable bonds is 5. The zero-order valence-corrected chi connectivity index (χ0v) is 15.4. The molecular formula is C24H18ClNO. The van der Waals surface area contributed by atoms with E-state index in [1.807, 2.05) is 78.9 Å². The third-order valence-electron chi connectivity index (χ3n) is 4.26. The largest absolute Gasteiger partial charge is 0.487 e. The van der Waals surface area contributed by atoms with Crippen LogP contribution in [-0.2, 0) is 6.61 Å². The van der Waals surface area contributed by atoms with Gasteiger partial charge in [0, 0.05) is 10.4 Å². The van der Waals surface area contributed by atoms with E-state index >= 15 is 0 Å². The summed E-state index contributed by atoms with van der Waals surface area (Å²) < 4.78 is 6.04. The van der Waals surface area contributed by atoms with Crippen molar-refractivity contribution in [1.82, 2.24) is 4.98 Å². The zero-order valence-electron chi connectivity index (χ0n) is 14.7. The van der Waals surface area contributed by atoms with Gasteiger partial charge >= 0.3 is 0 Å². The third kappa shape index (κ3) is 4.36. The Morgan fingerprint density at radius 1 is 0.778 bits per heavy atom. The van der Waals surface area contributed by atoms with Crippen molar-refractivity contribution in [2.24, 2.45) is 0 Å². The van der Waals surface area contributed by atoms with Crippen LogP contribution in [0.15, 0.2) is 84.9 Å². The van der Waals surface area contributed by atoms with Crippen molar-refractivity contribution in [3.63, 3.8) is 0 Å². The molecule has 0 aliphatic rings. The van der Waals surface area contributed by atoms with E-state index in [0.717, 1.165) is 38.5 Å². The highest BCUT2D eigenvalue weighted by Gasteiger charge is 2.05. The van der Waals surface area contributed by atoms with Gasteiger partial charge in [-0.3, -0.25) is 0 Å². The van der Waals surface area contributed by atoms with Crippen molar-refractivity contribution in [2.45, 2.75) is 6.61 Å². The molecule has 1 aromatic heterocycles. The van der Waals surface area contributed by atoms with Gasteiger partial charge in [-0.1, -0.05) is 78.3 Å². The van der Waals surface area contributed by atoms with Gasteiger partial charge in [0.25, 0.3) is 0 Å². The topological polar surface area (TPSA) is 22.1 Å². The lowest BCUT2D eigenvalue weighted by atomic mass is 10.1. The first-order valence-electron chi connectivity index (χ1n) is 8.78. The van der Waals surface area contributed by atoms with Crippen LogP contribution in [0.2, 0.25) is 5.02 Å². The molecule has 0 spiro atoms. The summed E-state index contributed by atoms with van der Waals surface area (Å²) in [6.45, 7) is 0.520. The fourth-order valence-electron chi connectivity index (χ4n) is 2.84. The van der Waals surface area contributed by atoms with Crippen molar-refractivity contribution in [3.8, 4) is 5.75 Å². The molecule has 0 fully saturated rings. The summed E-state index contributed by atoms with van der Waals surface area (Å²) in [5, 5.41) is 1.79. The van der Waals surface area contributed by atoms with Gasteiger partial charge in [0.05, 0.1) is 5.69 Å². The van der Waals surface area contributed by atoms with Crippen LogP contribution >= 0.6 is 11.6 Å². The highest BCUT2D eigenvalue weighted by molar-refractivity contribution is 6.30. The number of hydrogen-bond donors (Lipinski definition) is 0. The summed E-state index contributed by atoms with van der Waals surface area (Å²) in [4.78, 5) is 4.78. The Balaban J connectivity index is 1.59. The maximum Gasteiger partial charge on any atom is 0.146 e. The number of halogens is 1. The van der Waals surface area contributed by atoms with E-state index in [1.54, 1.807) is 0 Å². The summed E-state index contributed by atoms with van der Waals surface area (Å²) in [6.07, 6.45) is 4.02. The summed E-state index contributed by atoms with van der Waals surface area (Å²) in [5.41, 5.74) is 3.96. The monoisotopic (exact) mass is 371 g/mol. The van der Waals surface area contributed by atoms with Crippen LogP contribution in [0.3, 0.4) is 0 Å². The van der Waals surface area contributed by atoms with Crippen LogP contribution < -0.4 is 4.74 Å². The Bertz CT molecular complexity index is 1070. The Kier molecular flexibility index (Phi) is 5.17. The lowest BCUT2D eigenvalue weighted by Crippen LogP contribution is -1.97. The predicted molar refractivity (Wildman–Crippen MR) is 113 cm³/mol. The van der Waals surface area contributed by atoms with Gasteiger partial charge in [-0.15, -0.1) is 0 Å². The molecule has 0 bridgehead atoms. The Hall–Kier alpha value is -3.10. The minimum absolute atomic E-state index is 0.520. The van der Waals surface area contributed by atoms with Crippen LogP contribution in [-0.4, -0.2) is 4.98 Å². The number of nitrogens with zero attached hydrogens (tertiary/aromatic N) is 1. The fraction of sp³-hybridized carbons (Fsp3) is 0.0417. The number of hydrogen-bond acceptors (Lipinski definition) is 2. The lowest BCUT2D eigenvalue weighted by molar-refractivity contribution is 0.309. The first kappa shape index (κ1) is 17.3. The van der Waals surface area contributed by atoms with Crippen LogP contribution in [0.25, 0.3) is 23.1 Å². The molecule has 132 valence electrons. The number of ether oxygens (including phenoxy) is 1. The molecule has 0 amide bonds. The first-order chi connectivity index (χ1) is 13.3. The number of aromatic nitrogens is 1. The fourth-order valence-corrected chi connectivity index (χ4v) is 2.96. The third-order valence-corrected chi connectivity index (χ3v) is 4.51. The molecular weight excluding hydrogens is 354 g/mol. The molecule has 4 rings (SSSR count). The molecule has 0 radical (unpaired) electrons. The van der Waals surface area contributed by atoms with Gasteiger partial charge in [-0.25, -0.2) is 4.98 Å². The number of benzene rings is 3. The summed E-state index contributed by atoms with van der Waals surface area (Å²) in [5.74, 6) is 0.790. The van der Waals surface area contributed by atoms with Gasteiger partial charge in [0.2, 0.25) is 0 Å². The average molecular weight is 372 g/mol. The Labute approximate surface area is 163 Å². The second kappa shape index (κ2) is 8.07. The molecule has 3 aromatic carbocycles. The molecule has 0 N–H and O–H groups in total. The molecule has 0 unspecified atom stereocenters. The lowest BCUT2D eigenvalue weighted by Gasteiger charge is -2.09. The predicted octanol–water partition coefficient (Wildman–Crippen LogP) is 6.64. The Morgan fingerprint density at radius 3 is 2.41 bits per heavy atom. The van der Waals surface area contributed by atoms with E-state index in [4.69, 9.17) is 21.3 Å². The first-order valence-corrected chi connectivity index (χ1v) is 9.16. The minimum atomic E-state index is 0.520. The molecule has 0 atom stereocenters. The number of pyridine rings is 1. The molecule has 1 heterocycles. The van der Waals surface area contributed by atoms with Gasteiger partial charge < -0.3 is 4.74 Å². The van der Waals surface area contributed by atoms with Gasteiger partial charge in [0.15, 0.2) is 0 Å². The summed E-state index contributed by atoms with van der Waals surface area (Å²) in [7, 11) is 0. The zero-order chi connectivity index (χ0) is 18.5. The van der Waals surface area contributed by atoms with E-state index in [-0.39, 0.29) is 0 Å². The maximum absolute atomic E-state index is 6.04. The van der Waals surface area contributed by atoms with Crippen molar-refractivity contribution >= 4 is 34.7 Å². The maximum atomic E-state index is 6.04. The molecule has 0 saturated heterocycles. The van der Waals surface area contributed by atoms with Crippen molar-refractivity contribution in [3.05, 3.63) is 107 Å². The molecule has 27 heavy (non-hydrogen) atoms. The van der Waals surface area contributed by atoms with Gasteiger partial charge in [-0.05, 0) is 41.5 Å². The Morgan fingerprint density at radius 2 is 1.59 bits per heavy atom. The molecule has 0 saturated carbocycles. The van der Waals surface area contributed by atoms with Gasteiger partial charge in [-0.2, -0.15) is 0 Å². The molecule has 3 heteroatoms. The summed E-state index contributed by atoms with van der Waals surface area (Å²) >= 11 is 5.94. The summed E-state index contributed by atoms with van der Waals surface area (Å²) in [6, 6.07) is 27.9. The second-order valence-electron chi connectivity index (χ2n) is 6.22. The van der Waals surface area contributed by atoms with Crippen LogP contribution in [0.4, 0.5) is 0 Å². The average Bonchev–Trinajstić information content (AvgIpc) is 2.72. The molecule has 2 nitrogen and oxygen atoms in total. The normalized spacial score (nSPS) is 11.1. The van der Waals surface area contributed by atoms with E-state index in [9.17, 15) is 0 Å².